The second-order valence-corrected chi connectivity index (χ2v) is 6.29. The molecule has 0 aliphatic carbocycles. The number of nitrogens with zero attached hydrogens (tertiary/aromatic N) is 2. The van der Waals surface area contributed by atoms with Gasteiger partial charge < -0.3 is 16.0 Å². The fraction of sp³-hybridized carbons (Fsp3) is 0.389. The first-order valence-electron chi connectivity index (χ1n) is 8.49. The summed E-state index contributed by atoms with van der Waals surface area (Å²) in [5.74, 6) is -0.406. The van der Waals surface area contributed by atoms with E-state index in [1.807, 2.05) is 17.8 Å². The number of carbonyl (C=O) groups is 2. The van der Waals surface area contributed by atoms with Crippen molar-refractivity contribution in [2.75, 3.05) is 23.7 Å². The summed E-state index contributed by atoms with van der Waals surface area (Å²) >= 11 is 0. The van der Waals surface area contributed by atoms with Gasteiger partial charge >= 0.3 is 0 Å². The lowest BCUT2D eigenvalue weighted by molar-refractivity contribution is -0.114. The number of rotatable bonds is 4. The van der Waals surface area contributed by atoms with Crippen LogP contribution >= 0.6 is 0 Å². The van der Waals surface area contributed by atoms with Gasteiger partial charge in [-0.05, 0) is 50.1 Å². The minimum absolute atomic E-state index is 0.147. The molecule has 1 aromatic carbocycles. The summed E-state index contributed by atoms with van der Waals surface area (Å²) in [5, 5.41) is 13.4. The highest BCUT2D eigenvalue weighted by molar-refractivity contribution is 6.04. The molecule has 1 aliphatic heterocycles. The molecule has 7 heteroatoms. The molecule has 0 radical (unpaired) electrons. The molecule has 2 heterocycles. The highest BCUT2D eigenvalue weighted by atomic mass is 16.2. The van der Waals surface area contributed by atoms with E-state index >= 15 is 0 Å². The zero-order valence-corrected chi connectivity index (χ0v) is 14.5. The molecule has 3 rings (SSSR count). The van der Waals surface area contributed by atoms with Crippen LogP contribution in [0.15, 0.2) is 30.5 Å². The van der Waals surface area contributed by atoms with Gasteiger partial charge in [-0.25, -0.2) is 0 Å². The third kappa shape index (κ3) is 4.06. The molecule has 1 saturated heterocycles. The van der Waals surface area contributed by atoms with Crippen LogP contribution in [0.2, 0.25) is 0 Å². The van der Waals surface area contributed by atoms with Crippen molar-refractivity contribution >= 4 is 23.2 Å². The van der Waals surface area contributed by atoms with E-state index in [2.05, 4.69) is 21.0 Å². The van der Waals surface area contributed by atoms with Crippen molar-refractivity contribution in [1.29, 1.82) is 0 Å². The molecule has 1 fully saturated rings. The average Bonchev–Trinajstić information content (AvgIpc) is 3.09. The molecule has 1 aromatic heterocycles. The first kappa shape index (κ1) is 17.2. The van der Waals surface area contributed by atoms with Gasteiger partial charge in [-0.15, -0.1) is 0 Å². The molecule has 2 aromatic rings. The normalized spacial score (nSPS) is 17.1. The highest BCUT2D eigenvalue weighted by Crippen LogP contribution is 2.24. The van der Waals surface area contributed by atoms with Crippen LogP contribution in [-0.4, -0.2) is 34.7 Å². The van der Waals surface area contributed by atoms with Crippen molar-refractivity contribution in [3.05, 3.63) is 41.7 Å². The number of benzene rings is 1. The van der Waals surface area contributed by atoms with E-state index in [-0.39, 0.29) is 11.8 Å². The minimum Gasteiger partial charge on any atom is -0.326 e. The van der Waals surface area contributed by atoms with E-state index in [1.54, 1.807) is 24.3 Å². The summed E-state index contributed by atoms with van der Waals surface area (Å²) in [7, 11) is 0. The lowest BCUT2D eigenvalue weighted by Gasteiger charge is -2.22. The number of nitrogens with one attached hydrogen (secondary N) is 3. The van der Waals surface area contributed by atoms with Crippen molar-refractivity contribution in [3.63, 3.8) is 0 Å². The molecule has 0 saturated carbocycles. The highest BCUT2D eigenvalue weighted by Gasteiger charge is 2.18. The number of piperidine rings is 1. The Labute approximate surface area is 146 Å². The van der Waals surface area contributed by atoms with Crippen LogP contribution < -0.4 is 16.0 Å². The number of anilines is 2. The predicted molar refractivity (Wildman–Crippen MR) is 96.8 cm³/mol. The van der Waals surface area contributed by atoms with E-state index in [0.717, 1.165) is 31.5 Å². The van der Waals surface area contributed by atoms with Crippen molar-refractivity contribution in [3.8, 4) is 0 Å². The summed E-state index contributed by atoms with van der Waals surface area (Å²) in [6, 6.07) is 7.43. The van der Waals surface area contributed by atoms with Crippen molar-refractivity contribution in [2.24, 2.45) is 0 Å². The summed E-state index contributed by atoms with van der Waals surface area (Å²) in [6.45, 7) is 5.22. The topological polar surface area (TPSA) is 88.0 Å². The molecule has 1 aliphatic rings. The van der Waals surface area contributed by atoms with E-state index < -0.39 is 0 Å². The van der Waals surface area contributed by atoms with Gasteiger partial charge in [0.1, 0.15) is 0 Å². The second kappa shape index (κ2) is 7.48. The standard InChI is InChI=1S/C18H23N5O2/c1-12-15(20-13(2)24)6-3-7-16(12)21-18(25)17-8-10-23(22-17)14-5-4-9-19-11-14/h3,6-8,10,14,19H,4-5,9,11H2,1-2H3,(H,20,24)(H,21,25). The van der Waals surface area contributed by atoms with Crippen LogP contribution in [0.1, 0.15) is 41.9 Å². The quantitative estimate of drug-likeness (QED) is 0.796. The zero-order valence-electron chi connectivity index (χ0n) is 14.5. The van der Waals surface area contributed by atoms with Gasteiger partial charge in [0.25, 0.3) is 5.91 Å². The Hall–Kier alpha value is -2.67. The predicted octanol–water partition coefficient (Wildman–Crippen LogP) is 2.33. The Kier molecular flexibility index (Phi) is 5.14. The molecule has 3 N–H and O–H groups in total. The van der Waals surface area contributed by atoms with Gasteiger partial charge in [0.15, 0.2) is 5.69 Å². The molecular formula is C18H23N5O2. The van der Waals surface area contributed by atoms with Crippen molar-refractivity contribution in [2.45, 2.75) is 32.7 Å². The summed E-state index contributed by atoms with van der Waals surface area (Å²) in [5.41, 5.74) is 2.53. The van der Waals surface area contributed by atoms with Crippen molar-refractivity contribution < 1.29 is 9.59 Å². The first-order valence-corrected chi connectivity index (χ1v) is 8.49. The Bertz CT molecular complexity index is 778. The third-order valence-electron chi connectivity index (χ3n) is 4.38. The third-order valence-corrected chi connectivity index (χ3v) is 4.38. The molecule has 25 heavy (non-hydrogen) atoms. The maximum atomic E-state index is 12.5. The molecule has 7 nitrogen and oxygen atoms in total. The van der Waals surface area contributed by atoms with Gasteiger partial charge in [-0.1, -0.05) is 6.07 Å². The smallest absolute Gasteiger partial charge is 0.276 e. The Balaban J connectivity index is 1.72. The molecular weight excluding hydrogens is 318 g/mol. The van der Waals surface area contributed by atoms with Gasteiger partial charge in [0.05, 0.1) is 6.04 Å². The maximum absolute atomic E-state index is 12.5. The Morgan fingerprint density at radius 2 is 2.00 bits per heavy atom. The summed E-state index contributed by atoms with van der Waals surface area (Å²) in [4.78, 5) is 23.8. The number of hydrogen-bond acceptors (Lipinski definition) is 4. The van der Waals surface area contributed by atoms with Crippen LogP contribution in [-0.2, 0) is 4.79 Å². The fourth-order valence-electron chi connectivity index (χ4n) is 3.00. The van der Waals surface area contributed by atoms with E-state index in [1.165, 1.54) is 6.92 Å². The SMILES string of the molecule is CC(=O)Nc1cccc(NC(=O)c2ccn(C3CCCNC3)n2)c1C. The molecule has 132 valence electrons. The maximum Gasteiger partial charge on any atom is 0.276 e. The van der Waals surface area contributed by atoms with Crippen LogP contribution in [0.25, 0.3) is 0 Å². The monoisotopic (exact) mass is 341 g/mol. The number of carbonyl (C=O) groups excluding carboxylic acids is 2. The van der Waals surface area contributed by atoms with Gasteiger partial charge in [-0.3, -0.25) is 14.3 Å². The van der Waals surface area contributed by atoms with Gasteiger partial charge in [0.2, 0.25) is 5.91 Å². The van der Waals surface area contributed by atoms with E-state index in [0.29, 0.717) is 23.1 Å². The number of amides is 2. The lowest BCUT2D eigenvalue weighted by atomic mass is 10.1. The second-order valence-electron chi connectivity index (χ2n) is 6.29. The molecule has 1 atom stereocenters. The van der Waals surface area contributed by atoms with Crippen LogP contribution in [0.5, 0.6) is 0 Å². The largest absolute Gasteiger partial charge is 0.326 e. The average molecular weight is 341 g/mol. The Morgan fingerprint density at radius 1 is 1.24 bits per heavy atom. The van der Waals surface area contributed by atoms with Crippen molar-refractivity contribution in [1.82, 2.24) is 15.1 Å². The van der Waals surface area contributed by atoms with Crippen LogP contribution in [0.3, 0.4) is 0 Å². The number of aromatic nitrogens is 2. The zero-order chi connectivity index (χ0) is 17.8. The lowest BCUT2D eigenvalue weighted by Crippen LogP contribution is -2.32. The van der Waals surface area contributed by atoms with E-state index in [4.69, 9.17) is 0 Å². The first-order chi connectivity index (χ1) is 12.0. The summed E-state index contributed by atoms with van der Waals surface area (Å²) in [6.07, 6.45) is 4.03. The van der Waals surface area contributed by atoms with Crippen LogP contribution in [0.4, 0.5) is 11.4 Å². The molecule has 1 unspecified atom stereocenters. The minimum atomic E-state index is -0.259. The Morgan fingerprint density at radius 3 is 2.68 bits per heavy atom. The molecule has 0 bridgehead atoms. The summed E-state index contributed by atoms with van der Waals surface area (Å²) < 4.78 is 1.86. The van der Waals surface area contributed by atoms with Gasteiger partial charge in [0, 0.05) is 31.0 Å². The molecule has 0 spiro atoms. The molecule has 2 amide bonds. The fourth-order valence-corrected chi connectivity index (χ4v) is 3.00. The van der Waals surface area contributed by atoms with Gasteiger partial charge in [-0.2, -0.15) is 5.10 Å². The van der Waals surface area contributed by atoms with E-state index in [9.17, 15) is 9.59 Å². The number of hydrogen-bond donors (Lipinski definition) is 3. The van der Waals surface area contributed by atoms with Crippen LogP contribution in [0, 0.1) is 6.92 Å².